The minimum absolute atomic E-state index is 0.226. The molecule has 0 unspecified atom stereocenters. The first-order valence-corrected chi connectivity index (χ1v) is 9.19. The normalized spacial score (nSPS) is 13.8. The van der Waals surface area contributed by atoms with Crippen LogP contribution in [0, 0.1) is 0 Å². The van der Waals surface area contributed by atoms with Gasteiger partial charge in [-0.1, -0.05) is 0 Å². The molecule has 28 heavy (non-hydrogen) atoms. The highest BCUT2D eigenvalue weighted by molar-refractivity contribution is 6.04. The van der Waals surface area contributed by atoms with Crippen molar-refractivity contribution >= 4 is 23.5 Å². The lowest BCUT2D eigenvalue weighted by molar-refractivity contribution is 0.102. The number of carbonyl (C=O) groups is 2. The highest BCUT2D eigenvalue weighted by Gasteiger charge is 2.22. The predicted molar refractivity (Wildman–Crippen MR) is 106 cm³/mol. The van der Waals surface area contributed by atoms with Crippen LogP contribution in [0.3, 0.4) is 0 Å². The van der Waals surface area contributed by atoms with Gasteiger partial charge in [-0.2, -0.15) is 0 Å². The van der Waals surface area contributed by atoms with Gasteiger partial charge in [0.05, 0.1) is 19.3 Å². The molecule has 2 heterocycles. The fraction of sp³-hybridized carbons (Fsp3) is 0.350. The zero-order valence-electron chi connectivity index (χ0n) is 16.1. The molecule has 8 nitrogen and oxygen atoms in total. The molecule has 0 saturated carbocycles. The number of hydrogen-bond donors (Lipinski definition) is 1. The summed E-state index contributed by atoms with van der Waals surface area (Å²) in [5, 5.41) is 2.83. The van der Waals surface area contributed by atoms with E-state index in [2.05, 4.69) is 15.2 Å². The highest BCUT2D eigenvalue weighted by atomic mass is 16.6. The summed E-state index contributed by atoms with van der Waals surface area (Å²) in [6.45, 7) is 4.68. The molecule has 0 atom stereocenters. The highest BCUT2D eigenvalue weighted by Crippen LogP contribution is 2.18. The summed E-state index contributed by atoms with van der Waals surface area (Å²) in [6.07, 6.45) is 1.28. The number of ether oxygens (including phenoxy) is 2. The van der Waals surface area contributed by atoms with E-state index in [1.54, 1.807) is 55.5 Å². The van der Waals surface area contributed by atoms with E-state index < -0.39 is 0 Å². The van der Waals surface area contributed by atoms with Gasteiger partial charge >= 0.3 is 6.09 Å². The molecule has 148 valence electrons. The molecular formula is C20H24N4O4. The Morgan fingerprint density at radius 1 is 1.07 bits per heavy atom. The van der Waals surface area contributed by atoms with E-state index in [-0.39, 0.29) is 12.0 Å². The van der Waals surface area contributed by atoms with Crippen LogP contribution in [0.5, 0.6) is 5.75 Å². The van der Waals surface area contributed by atoms with Gasteiger partial charge in [-0.25, -0.2) is 9.78 Å². The lowest BCUT2D eigenvalue weighted by atomic mass is 10.2. The molecule has 0 bridgehead atoms. The molecule has 0 radical (unpaired) electrons. The first-order valence-electron chi connectivity index (χ1n) is 9.19. The number of anilines is 2. The van der Waals surface area contributed by atoms with E-state index in [0.29, 0.717) is 44.0 Å². The summed E-state index contributed by atoms with van der Waals surface area (Å²) in [6, 6.07) is 10.7. The van der Waals surface area contributed by atoms with Crippen molar-refractivity contribution in [2.24, 2.45) is 0 Å². The molecule has 1 aliphatic rings. The van der Waals surface area contributed by atoms with E-state index in [1.807, 2.05) is 6.07 Å². The molecule has 2 amide bonds. The smallest absolute Gasteiger partial charge is 0.409 e. The second kappa shape index (κ2) is 9.07. The van der Waals surface area contributed by atoms with Crippen LogP contribution in [-0.4, -0.2) is 61.8 Å². The number of benzene rings is 1. The quantitative estimate of drug-likeness (QED) is 0.853. The molecule has 1 fully saturated rings. The standard InChI is InChI=1S/C20H24N4O4/c1-3-28-20(26)24-12-10-23(11-13-24)18-9-4-15(14-21-18)19(25)22-16-5-7-17(27-2)8-6-16/h4-9,14H,3,10-13H2,1-2H3,(H,22,25). The number of carbonyl (C=O) groups excluding carboxylic acids is 2. The molecular weight excluding hydrogens is 360 g/mol. The van der Waals surface area contributed by atoms with Crippen molar-refractivity contribution in [1.82, 2.24) is 9.88 Å². The zero-order chi connectivity index (χ0) is 19.9. The van der Waals surface area contributed by atoms with Crippen LogP contribution >= 0.6 is 0 Å². The number of piperazine rings is 1. The van der Waals surface area contributed by atoms with E-state index >= 15 is 0 Å². The van der Waals surface area contributed by atoms with E-state index in [1.165, 1.54) is 0 Å². The second-order valence-electron chi connectivity index (χ2n) is 6.26. The molecule has 1 saturated heterocycles. The number of pyridine rings is 1. The molecule has 1 aromatic carbocycles. The molecule has 3 rings (SSSR count). The van der Waals surface area contributed by atoms with Crippen molar-refractivity contribution in [2.75, 3.05) is 50.1 Å². The van der Waals surface area contributed by atoms with Crippen molar-refractivity contribution in [2.45, 2.75) is 6.92 Å². The second-order valence-corrected chi connectivity index (χ2v) is 6.26. The van der Waals surface area contributed by atoms with Crippen LogP contribution in [0.4, 0.5) is 16.3 Å². The van der Waals surface area contributed by atoms with Crippen molar-refractivity contribution in [1.29, 1.82) is 0 Å². The minimum atomic E-state index is -0.277. The number of hydrogen-bond acceptors (Lipinski definition) is 6. The van der Waals surface area contributed by atoms with Gasteiger partial charge in [-0.3, -0.25) is 4.79 Å². The van der Waals surface area contributed by atoms with Gasteiger partial charge in [0.1, 0.15) is 11.6 Å². The number of methoxy groups -OCH3 is 1. The topological polar surface area (TPSA) is 84.0 Å². The Morgan fingerprint density at radius 2 is 1.79 bits per heavy atom. The van der Waals surface area contributed by atoms with Gasteiger partial charge < -0.3 is 24.6 Å². The monoisotopic (exact) mass is 384 g/mol. The Morgan fingerprint density at radius 3 is 2.36 bits per heavy atom. The third-order valence-corrected chi connectivity index (χ3v) is 4.49. The van der Waals surface area contributed by atoms with Gasteiger partial charge in [-0.15, -0.1) is 0 Å². The summed E-state index contributed by atoms with van der Waals surface area (Å²) >= 11 is 0. The maximum absolute atomic E-state index is 12.4. The van der Waals surface area contributed by atoms with E-state index in [9.17, 15) is 9.59 Å². The third kappa shape index (κ3) is 4.70. The Labute approximate surface area is 164 Å². The minimum Gasteiger partial charge on any atom is -0.497 e. The Kier molecular flexibility index (Phi) is 6.31. The van der Waals surface area contributed by atoms with E-state index in [0.717, 1.165) is 11.6 Å². The molecule has 1 aromatic heterocycles. The lowest BCUT2D eigenvalue weighted by Crippen LogP contribution is -2.49. The molecule has 1 aliphatic heterocycles. The number of rotatable bonds is 5. The fourth-order valence-electron chi connectivity index (χ4n) is 2.92. The molecule has 0 spiro atoms. The van der Waals surface area contributed by atoms with Crippen molar-refractivity contribution in [3.8, 4) is 5.75 Å². The largest absolute Gasteiger partial charge is 0.497 e. The summed E-state index contributed by atoms with van der Waals surface area (Å²) in [7, 11) is 1.59. The van der Waals surface area contributed by atoms with E-state index in [4.69, 9.17) is 9.47 Å². The summed E-state index contributed by atoms with van der Waals surface area (Å²) in [4.78, 5) is 32.3. The van der Waals surface area contributed by atoms with Crippen LogP contribution in [0.1, 0.15) is 17.3 Å². The summed E-state index contributed by atoms with van der Waals surface area (Å²) < 4.78 is 10.1. The molecule has 2 aromatic rings. The zero-order valence-corrected chi connectivity index (χ0v) is 16.1. The Hall–Kier alpha value is -3.29. The number of nitrogens with one attached hydrogen (secondary N) is 1. The van der Waals surface area contributed by atoms with Crippen LogP contribution in [0.15, 0.2) is 42.6 Å². The van der Waals surface area contributed by atoms with Gasteiger partial charge in [0.2, 0.25) is 0 Å². The number of amides is 2. The first kappa shape index (κ1) is 19.5. The van der Waals surface area contributed by atoms with Crippen LogP contribution in [0.2, 0.25) is 0 Å². The summed E-state index contributed by atoms with van der Waals surface area (Å²) in [5.74, 6) is 1.29. The predicted octanol–water partition coefficient (Wildman–Crippen LogP) is 2.62. The van der Waals surface area contributed by atoms with Gasteiger partial charge in [0.25, 0.3) is 5.91 Å². The average molecular weight is 384 g/mol. The average Bonchev–Trinajstić information content (AvgIpc) is 2.74. The van der Waals surface area contributed by atoms with Crippen LogP contribution in [0.25, 0.3) is 0 Å². The van der Waals surface area contributed by atoms with Gasteiger partial charge in [-0.05, 0) is 43.3 Å². The van der Waals surface area contributed by atoms with Gasteiger partial charge in [0, 0.05) is 38.1 Å². The van der Waals surface area contributed by atoms with Gasteiger partial charge in [0.15, 0.2) is 0 Å². The van der Waals surface area contributed by atoms with Crippen LogP contribution in [-0.2, 0) is 4.74 Å². The maximum atomic E-state index is 12.4. The van der Waals surface area contributed by atoms with Crippen molar-refractivity contribution < 1.29 is 19.1 Å². The summed E-state index contributed by atoms with van der Waals surface area (Å²) in [5.41, 5.74) is 1.16. The lowest BCUT2D eigenvalue weighted by Gasteiger charge is -2.34. The maximum Gasteiger partial charge on any atom is 0.409 e. The Balaban J connectivity index is 1.56. The fourth-order valence-corrected chi connectivity index (χ4v) is 2.92. The number of aromatic nitrogens is 1. The first-order chi connectivity index (χ1) is 13.6. The molecule has 1 N–H and O–H groups in total. The molecule has 8 heteroatoms. The van der Waals surface area contributed by atoms with Crippen molar-refractivity contribution in [3.05, 3.63) is 48.2 Å². The SMILES string of the molecule is CCOC(=O)N1CCN(c2ccc(C(=O)Nc3ccc(OC)cc3)cn2)CC1. The molecule has 0 aliphatic carbocycles. The van der Waals surface area contributed by atoms with Crippen molar-refractivity contribution in [3.63, 3.8) is 0 Å². The third-order valence-electron chi connectivity index (χ3n) is 4.49. The van der Waals surface area contributed by atoms with Crippen LogP contribution < -0.4 is 15.0 Å². The Bertz CT molecular complexity index is 800. The number of nitrogens with zero attached hydrogens (tertiary/aromatic N) is 3.